The van der Waals surface area contributed by atoms with Crippen LogP contribution in [-0.2, 0) is 0 Å². The molecule has 3 heteroatoms. The van der Waals surface area contributed by atoms with Gasteiger partial charge in [-0.2, -0.15) is 0 Å². The van der Waals surface area contributed by atoms with Crippen LogP contribution < -0.4 is 10.5 Å². The lowest BCUT2D eigenvalue weighted by Crippen LogP contribution is -2.09. The number of aryl methyl sites for hydroxylation is 2. The molecule has 1 aromatic rings. The van der Waals surface area contributed by atoms with Gasteiger partial charge >= 0.3 is 0 Å². The molecule has 0 fully saturated rings. The summed E-state index contributed by atoms with van der Waals surface area (Å²) in [5, 5.41) is 7.64. The highest BCUT2D eigenvalue weighted by molar-refractivity contribution is 5.96. The van der Waals surface area contributed by atoms with Crippen molar-refractivity contribution in [1.29, 1.82) is 5.41 Å². The van der Waals surface area contributed by atoms with Gasteiger partial charge in [0.2, 0.25) is 0 Å². The van der Waals surface area contributed by atoms with Gasteiger partial charge in [-0.25, -0.2) is 0 Å². The van der Waals surface area contributed by atoms with Gasteiger partial charge in [-0.05, 0) is 56.5 Å². The van der Waals surface area contributed by atoms with Crippen LogP contribution in [0.4, 0.5) is 0 Å². The first-order valence-corrected chi connectivity index (χ1v) is 6.12. The monoisotopic (exact) mass is 246 g/mol. The van der Waals surface area contributed by atoms with Gasteiger partial charge in [0.25, 0.3) is 0 Å². The minimum atomic E-state index is 0.513. The second-order valence-electron chi connectivity index (χ2n) is 4.71. The van der Waals surface area contributed by atoms with Crippen molar-refractivity contribution in [2.24, 2.45) is 5.73 Å². The first kappa shape index (κ1) is 14.3. The first-order chi connectivity index (χ1) is 8.40. The maximum absolute atomic E-state index is 7.64. The zero-order chi connectivity index (χ0) is 13.7. The number of nitrogens with one attached hydrogen (secondary N) is 1. The standard InChI is InChI=1S/C15H22N2O/c1-10-7-11(2)9-14(8-10)18-6-5-15(12(3)16)13(4)17/h7-9,16H,5-6,17H2,1-4H3/b15-13-,16-12?. The van der Waals surface area contributed by atoms with Crippen molar-refractivity contribution in [1.82, 2.24) is 0 Å². The molecular formula is C15H22N2O. The van der Waals surface area contributed by atoms with Gasteiger partial charge in [0.1, 0.15) is 5.75 Å². The van der Waals surface area contributed by atoms with E-state index in [0.29, 0.717) is 24.4 Å². The highest BCUT2D eigenvalue weighted by Crippen LogP contribution is 2.17. The number of hydrogen-bond acceptors (Lipinski definition) is 3. The van der Waals surface area contributed by atoms with Gasteiger partial charge < -0.3 is 15.9 Å². The predicted molar refractivity (Wildman–Crippen MR) is 76.3 cm³/mol. The Kier molecular flexibility index (Phi) is 4.95. The molecule has 1 aromatic carbocycles. The minimum Gasteiger partial charge on any atom is -0.493 e. The first-order valence-electron chi connectivity index (χ1n) is 6.12. The largest absolute Gasteiger partial charge is 0.493 e. The van der Waals surface area contributed by atoms with Crippen LogP contribution in [-0.4, -0.2) is 12.3 Å². The fourth-order valence-corrected chi connectivity index (χ4v) is 1.97. The quantitative estimate of drug-likeness (QED) is 0.783. The van der Waals surface area contributed by atoms with Gasteiger partial charge in [0, 0.05) is 17.8 Å². The summed E-state index contributed by atoms with van der Waals surface area (Å²) in [5.41, 5.74) is 10.2. The van der Waals surface area contributed by atoms with Gasteiger partial charge in [-0.15, -0.1) is 0 Å². The normalized spacial score (nSPS) is 12.0. The predicted octanol–water partition coefficient (Wildman–Crippen LogP) is 3.34. The lowest BCUT2D eigenvalue weighted by Gasteiger charge is -2.11. The Balaban J connectivity index is 2.61. The van der Waals surface area contributed by atoms with E-state index >= 15 is 0 Å². The van der Waals surface area contributed by atoms with Crippen molar-refractivity contribution in [3.8, 4) is 5.75 Å². The molecule has 18 heavy (non-hydrogen) atoms. The molecule has 0 spiro atoms. The number of hydrogen-bond donors (Lipinski definition) is 2. The zero-order valence-electron chi connectivity index (χ0n) is 11.6. The SMILES string of the molecule is CC(=N)/C(CCOc1cc(C)cc(C)c1)=C(/C)N. The van der Waals surface area contributed by atoms with Crippen LogP contribution in [0.25, 0.3) is 0 Å². The maximum atomic E-state index is 7.64. The van der Waals surface area contributed by atoms with E-state index in [1.54, 1.807) is 6.92 Å². The minimum absolute atomic E-state index is 0.513. The third kappa shape index (κ3) is 4.24. The molecular weight excluding hydrogens is 224 g/mol. The second kappa shape index (κ2) is 6.24. The number of rotatable bonds is 5. The average molecular weight is 246 g/mol. The highest BCUT2D eigenvalue weighted by Gasteiger charge is 2.04. The molecule has 0 aliphatic rings. The maximum Gasteiger partial charge on any atom is 0.119 e. The van der Waals surface area contributed by atoms with Crippen LogP contribution in [0.15, 0.2) is 29.5 Å². The van der Waals surface area contributed by atoms with Gasteiger partial charge in [0.15, 0.2) is 0 Å². The fraction of sp³-hybridized carbons (Fsp3) is 0.400. The molecule has 98 valence electrons. The molecule has 0 unspecified atom stereocenters. The molecule has 0 amide bonds. The van der Waals surface area contributed by atoms with E-state index in [1.165, 1.54) is 11.1 Å². The molecule has 0 heterocycles. The number of benzene rings is 1. The van der Waals surface area contributed by atoms with Gasteiger partial charge in [-0.1, -0.05) is 6.07 Å². The average Bonchev–Trinajstić information content (AvgIpc) is 2.21. The van der Waals surface area contributed by atoms with Crippen LogP contribution in [0.5, 0.6) is 5.75 Å². The Morgan fingerprint density at radius 1 is 1.17 bits per heavy atom. The van der Waals surface area contributed by atoms with Crippen molar-refractivity contribution < 1.29 is 4.74 Å². The summed E-state index contributed by atoms with van der Waals surface area (Å²) in [7, 11) is 0. The van der Waals surface area contributed by atoms with Crippen LogP contribution in [0.2, 0.25) is 0 Å². The van der Waals surface area contributed by atoms with Crippen molar-refractivity contribution >= 4 is 5.71 Å². The molecule has 3 N–H and O–H groups in total. The van der Waals surface area contributed by atoms with Crippen molar-refractivity contribution in [2.75, 3.05) is 6.61 Å². The van der Waals surface area contributed by atoms with Crippen molar-refractivity contribution in [3.05, 3.63) is 40.6 Å². The Morgan fingerprint density at radius 2 is 1.72 bits per heavy atom. The summed E-state index contributed by atoms with van der Waals surface area (Å²) < 4.78 is 5.71. The van der Waals surface area contributed by atoms with Gasteiger partial charge in [-0.3, -0.25) is 0 Å². The highest BCUT2D eigenvalue weighted by atomic mass is 16.5. The molecule has 3 nitrogen and oxygen atoms in total. The van der Waals surface area contributed by atoms with E-state index in [4.69, 9.17) is 15.9 Å². The molecule has 0 radical (unpaired) electrons. The van der Waals surface area contributed by atoms with Crippen LogP contribution in [0.1, 0.15) is 31.4 Å². The van der Waals surface area contributed by atoms with Gasteiger partial charge in [0.05, 0.1) is 6.61 Å². The smallest absolute Gasteiger partial charge is 0.119 e. The van der Waals surface area contributed by atoms with E-state index in [1.807, 2.05) is 19.1 Å². The number of ether oxygens (including phenoxy) is 1. The Hall–Kier alpha value is -1.77. The van der Waals surface area contributed by atoms with Crippen LogP contribution in [0, 0.1) is 19.3 Å². The molecule has 0 bridgehead atoms. The molecule has 0 saturated heterocycles. The summed E-state index contributed by atoms with van der Waals surface area (Å²) in [6.07, 6.45) is 0.671. The lowest BCUT2D eigenvalue weighted by molar-refractivity contribution is 0.322. The van der Waals surface area contributed by atoms with E-state index in [9.17, 15) is 0 Å². The summed E-state index contributed by atoms with van der Waals surface area (Å²) in [6.45, 7) is 8.23. The fourth-order valence-electron chi connectivity index (χ4n) is 1.97. The molecule has 0 saturated carbocycles. The molecule has 1 rings (SSSR count). The number of allylic oxidation sites excluding steroid dienone is 1. The van der Waals surface area contributed by atoms with E-state index in [-0.39, 0.29) is 0 Å². The number of nitrogens with two attached hydrogens (primary N) is 1. The molecule has 0 aliphatic heterocycles. The van der Waals surface area contributed by atoms with Crippen molar-refractivity contribution in [2.45, 2.75) is 34.1 Å². The van der Waals surface area contributed by atoms with Crippen LogP contribution in [0.3, 0.4) is 0 Å². The second-order valence-corrected chi connectivity index (χ2v) is 4.71. The topological polar surface area (TPSA) is 59.1 Å². The summed E-state index contributed by atoms with van der Waals surface area (Å²) in [4.78, 5) is 0. The van der Waals surface area contributed by atoms with E-state index < -0.39 is 0 Å². The summed E-state index contributed by atoms with van der Waals surface area (Å²) in [5.74, 6) is 0.879. The molecule has 0 aliphatic carbocycles. The molecule has 0 atom stereocenters. The molecule has 0 aromatic heterocycles. The van der Waals surface area contributed by atoms with Crippen LogP contribution >= 0.6 is 0 Å². The van der Waals surface area contributed by atoms with E-state index in [2.05, 4.69) is 19.9 Å². The van der Waals surface area contributed by atoms with Crippen molar-refractivity contribution in [3.63, 3.8) is 0 Å². The third-order valence-electron chi connectivity index (χ3n) is 2.74. The Bertz CT molecular complexity index is 451. The Morgan fingerprint density at radius 3 is 2.17 bits per heavy atom. The summed E-state index contributed by atoms with van der Waals surface area (Å²) in [6, 6.07) is 6.15. The summed E-state index contributed by atoms with van der Waals surface area (Å²) >= 11 is 0. The lowest BCUT2D eigenvalue weighted by atomic mass is 10.1. The van der Waals surface area contributed by atoms with E-state index in [0.717, 1.165) is 11.3 Å². The zero-order valence-corrected chi connectivity index (χ0v) is 11.6. The third-order valence-corrected chi connectivity index (χ3v) is 2.74. The Labute approximate surface area is 109 Å².